The van der Waals surface area contributed by atoms with Crippen LogP contribution in [0.5, 0.6) is 0 Å². The van der Waals surface area contributed by atoms with E-state index in [1.54, 1.807) is 12.3 Å². The Labute approximate surface area is 162 Å². The summed E-state index contributed by atoms with van der Waals surface area (Å²) in [6.07, 6.45) is 4.34. The van der Waals surface area contributed by atoms with Crippen molar-refractivity contribution in [3.8, 4) is 0 Å². The molecule has 2 aromatic heterocycles. The van der Waals surface area contributed by atoms with Gasteiger partial charge in [-0.05, 0) is 42.7 Å². The van der Waals surface area contributed by atoms with Crippen molar-refractivity contribution < 1.29 is 0 Å². The molecular formula is C19H19Cl2N5. The molecule has 0 spiro atoms. The molecule has 3 aromatic rings. The summed E-state index contributed by atoms with van der Waals surface area (Å²) < 4.78 is 0. The van der Waals surface area contributed by atoms with Gasteiger partial charge in [0.05, 0.1) is 0 Å². The minimum Gasteiger partial charge on any atom is -0.366 e. The van der Waals surface area contributed by atoms with Crippen LogP contribution in [0.15, 0.2) is 48.8 Å². The number of pyridine rings is 1. The number of nitrogens with zero attached hydrogens (tertiary/aromatic N) is 3. The Kier molecular flexibility index (Phi) is 6.26. The van der Waals surface area contributed by atoms with Gasteiger partial charge in [-0.3, -0.25) is 4.98 Å². The van der Waals surface area contributed by atoms with E-state index < -0.39 is 0 Å². The molecule has 0 atom stereocenters. The van der Waals surface area contributed by atoms with Crippen LogP contribution in [0.4, 0.5) is 11.8 Å². The highest BCUT2D eigenvalue weighted by molar-refractivity contribution is 6.35. The van der Waals surface area contributed by atoms with Gasteiger partial charge in [-0.25, -0.2) is 4.98 Å². The lowest BCUT2D eigenvalue weighted by Crippen LogP contribution is -2.11. The molecule has 1 aromatic carbocycles. The summed E-state index contributed by atoms with van der Waals surface area (Å²) in [4.78, 5) is 13.0. The highest BCUT2D eigenvalue weighted by Gasteiger charge is 2.04. The first kappa shape index (κ1) is 18.4. The predicted octanol–water partition coefficient (Wildman–Crippen LogP) is 4.75. The number of benzene rings is 1. The van der Waals surface area contributed by atoms with Crippen molar-refractivity contribution in [3.63, 3.8) is 0 Å². The molecule has 0 saturated carbocycles. The van der Waals surface area contributed by atoms with Crippen LogP contribution in [0.1, 0.15) is 16.8 Å². The van der Waals surface area contributed by atoms with Crippen LogP contribution < -0.4 is 10.6 Å². The van der Waals surface area contributed by atoms with E-state index in [9.17, 15) is 0 Å². The molecule has 0 bridgehead atoms. The Hall–Kier alpha value is -2.37. The summed E-state index contributed by atoms with van der Waals surface area (Å²) in [5.41, 5.74) is 3.02. The van der Waals surface area contributed by atoms with E-state index in [0.717, 1.165) is 29.1 Å². The molecule has 3 rings (SSSR count). The van der Waals surface area contributed by atoms with Crippen molar-refractivity contribution in [2.75, 3.05) is 17.2 Å². The standard InChI is InChI=1S/C19H19Cl2N5/c1-13-9-18(24-12-14-3-2-7-22-11-14)26-19(25-13)23-8-6-15-4-5-16(20)10-17(15)21/h2-5,7,9-11H,6,8,12H2,1H3,(H2,23,24,25,26). The third-order valence-corrected chi connectivity index (χ3v) is 4.33. The minimum atomic E-state index is 0.587. The van der Waals surface area contributed by atoms with Crippen molar-refractivity contribution in [1.29, 1.82) is 0 Å². The summed E-state index contributed by atoms with van der Waals surface area (Å²) in [7, 11) is 0. The maximum Gasteiger partial charge on any atom is 0.224 e. The summed E-state index contributed by atoms with van der Waals surface area (Å²) in [5.74, 6) is 1.36. The Morgan fingerprint density at radius 3 is 2.69 bits per heavy atom. The van der Waals surface area contributed by atoms with Gasteiger partial charge >= 0.3 is 0 Å². The molecule has 2 heterocycles. The van der Waals surface area contributed by atoms with Crippen LogP contribution in [0.2, 0.25) is 10.0 Å². The average Bonchev–Trinajstić information content (AvgIpc) is 2.62. The van der Waals surface area contributed by atoms with Crippen molar-refractivity contribution in [2.45, 2.75) is 19.9 Å². The van der Waals surface area contributed by atoms with Crippen LogP contribution in [-0.4, -0.2) is 21.5 Å². The third kappa shape index (κ3) is 5.31. The lowest BCUT2D eigenvalue weighted by atomic mass is 10.1. The fraction of sp³-hybridized carbons (Fsp3) is 0.211. The van der Waals surface area contributed by atoms with Crippen LogP contribution in [-0.2, 0) is 13.0 Å². The van der Waals surface area contributed by atoms with Gasteiger partial charge in [-0.15, -0.1) is 0 Å². The largest absolute Gasteiger partial charge is 0.366 e. The number of aromatic nitrogens is 3. The highest BCUT2D eigenvalue weighted by atomic mass is 35.5. The molecule has 0 fully saturated rings. The third-order valence-electron chi connectivity index (χ3n) is 3.74. The second kappa shape index (κ2) is 8.83. The number of anilines is 2. The maximum atomic E-state index is 6.20. The SMILES string of the molecule is Cc1cc(NCc2cccnc2)nc(NCCc2ccc(Cl)cc2Cl)n1. The first-order valence-electron chi connectivity index (χ1n) is 8.26. The lowest BCUT2D eigenvalue weighted by Gasteiger charge is -2.10. The summed E-state index contributed by atoms with van der Waals surface area (Å²) in [6, 6.07) is 11.4. The van der Waals surface area contributed by atoms with Gasteiger partial charge in [-0.1, -0.05) is 35.3 Å². The molecule has 0 aliphatic heterocycles. The summed E-state index contributed by atoms with van der Waals surface area (Å²) in [5, 5.41) is 7.85. The molecule has 134 valence electrons. The normalized spacial score (nSPS) is 10.6. The van der Waals surface area contributed by atoms with Gasteiger partial charge in [0.1, 0.15) is 5.82 Å². The Bertz CT molecular complexity index is 871. The summed E-state index contributed by atoms with van der Waals surface area (Å²) >= 11 is 12.1. The van der Waals surface area contributed by atoms with E-state index in [-0.39, 0.29) is 0 Å². The number of rotatable bonds is 7. The number of nitrogens with one attached hydrogen (secondary N) is 2. The molecular weight excluding hydrogens is 369 g/mol. The monoisotopic (exact) mass is 387 g/mol. The first-order valence-corrected chi connectivity index (χ1v) is 9.02. The van der Waals surface area contributed by atoms with Gasteiger partial charge in [0, 0.05) is 47.3 Å². The van der Waals surface area contributed by atoms with Gasteiger partial charge in [0.25, 0.3) is 0 Å². The molecule has 0 amide bonds. The maximum absolute atomic E-state index is 6.20. The van der Waals surface area contributed by atoms with Crippen LogP contribution in [0.3, 0.4) is 0 Å². The van der Waals surface area contributed by atoms with Gasteiger partial charge in [0.15, 0.2) is 0 Å². The number of hydrogen-bond acceptors (Lipinski definition) is 5. The average molecular weight is 388 g/mol. The van der Waals surface area contributed by atoms with Crippen molar-refractivity contribution in [1.82, 2.24) is 15.0 Å². The molecule has 7 heteroatoms. The molecule has 0 aliphatic rings. The second-order valence-corrected chi connectivity index (χ2v) is 6.69. The topological polar surface area (TPSA) is 62.7 Å². The lowest BCUT2D eigenvalue weighted by molar-refractivity contribution is 0.969. The molecule has 5 nitrogen and oxygen atoms in total. The van der Waals surface area contributed by atoms with Crippen molar-refractivity contribution >= 4 is 35.0 Å². The fourth-order valence-corrected chi connectivity index (χ4v) is 2.97. The number of hydrogen-bond donors (Lipinski definition) is 2. The predicted molar refractivity (Wildman–Crippen MR) is 107 cm³/mol. The first-order chi connectivity index (χ1) is 12.6. The fourth-order valence-electron chi connectivity index (χ4n) is 2.47. The van der Waals surface area contributed by atoms with E-state index in [1.165, 1.54) is 0 Å². The smallest absolute Gasteiger partial charge is 0.224 e. The van der Waals surface area contributed by atoms with Crippen molar-refractivity contribution in [2.24, 2.45) is 0 Å². The summed E-state index contributed by atoms with van der Waals surface area (Å²) in [6.45, 7) is 3.27. The Balaban J connectivity index is 1.58. The van der Waals surface area contributed by atoms with E-state index in [0.29, 0.717) is 29.1 Å². The van der Waals surface area contributed by atoms with Gasteiger partial charge < -0.3 is 10.6 Å². The Morgan fingerprint density at radius 2 is 1.92 bits per heavy atom. The minimum absolute atomic E-state index is 0.587. The molecule has 0 aliphatic carbocycles. The van der Waals surface area contributed by atoms with Gasteiger partial charge in [0.2, 0.25) is 5.95 Å². The molecule has 0 saturated heterocycles. The van der Waals surface area contributed by atoms with Crippen LogP contribution in [0.25, 0.3) is 0 Å². The van der Waals surface area contributed by atoms with Crippen LogP contribution in [0, 0.1) is 6.92 Å². The number of halogens is 2. The van der Waals surface area contributed by atoms with E-state index >= 15 is 0 Å². The zero-order valence-corrected chi connectivity index (χ0v) is 15.8. The van der Waals surface area contributed by atoms with Crippen molar-refractivity contribution in [3.05, 3.63) is 75.7 Å². The second-order valence-electron chi connectivity index (χ2n) is 5.85. The zero-order valence-electron chi connectivity index (χ0n) is 14.3. The van der Waals surface area contributed by atoms with Gasteiger partial charge in [-0.2, -0.15) is 4.98 Å². The van der Waals surface area contributed by atoms with E-state index in [1.807, 2.05) is 43.5 Å². The number of aryl methyl sites for hydroxylation is 1. The van der Waals surface area contributed by atoms with Crippen LogP contribution >= 0.6 is 23.2 Å². The van der Waals surface area contributed by atoms with E-state index in [2.05, 4.69) is 25.6 Å². The Morgan fingerprint density at radius 1 is 1.04 bits per heavy atom. The van der Waals surface area contributed by atoms with E-state index in [4.69, 9.17) is 23.2 Å². The molecule has 0 unspecified atom stereocenters. The zero-order chi connectivity index (χ0) is 18.4. The highest BCUT2D eigenvalue weighted by Crippen LogP contribution is 2.21. The quantitative estimate of drug-likeness (QED) is 0.612. The molecule has 26 heavy (non-hydrogen) atoms. The molecule has 0 radical (unpaired) electrons. The molecule has 2 N–H and O–H groups in total.